The molecule has 0 radical (unpaired) electrons. The highest BCUT2D eigenvalue weighted by Crippen LogP contribution is 2.25. The van der Waals surface area contributed by atoms with E-state index < -0.39 is 0 Å². The molecule has 6 heteroatoms. The quantitative estimate of drug-likeness (QED) is 0.868. The van der Waals surface area contributed by atoms with Crippen molar-refractivity contribution in [2.45, 2.75) is 39.8 Å². The van der Waals surface area contributed by atoms with E-state index in [1.54, 1.807) is 4.68 Å². The van der Waals surface area contributed by atoms with Gasteiger partial charge in [-0.1, -0.05) is 0 Å². The van der Waals surface area contributed by atoms with Crippen LogP contribution in [0.2, 0.25) is 0 Å². The number of morpholine rings is 1. The van der Waals surface area contributed by atoms with Crippen molar-refractivity contribution in [3.63, 3.8) is 0 Å². The predicted octanol–water partition coefficient (Wildman–Crippen LogP) is 1.04. The summed E-state index contributed by atoms with van der Waals surface area (Å²) in [6.45, 7) is 10.1. The molecule has 2 rings (SSSR count). The van der Waals surface area contributed by atoms with Crippen molar-refractivity contribution < 1.29 is 9.53 Å². The lowest BCUT2D eigenvalue weighted by Crippen LogP contribution is -2.55. The Labute approximate surface area is 113 Å². The Bertz CT molecular complexity index is 493. The minimum atomic E-state index is -0.321. The molecule has 0 aliphatic carbocycles. The van der Waals surface area contributed by atoms with E-state index >= 15 is 0 Å². The van der Waals surface area contributed by atoms with E-state index in [0.29, 0.717) is 43.4 Å². The standard InChI is InChI=1S/C13H22N4O2/c1-5-17-11(10(14)9(2)15-17)12(18)16-6-7-19-8-13(16,3)4/h5-8,14H2,1-4H3. The molecule has 1 aromatic heterocycles. The first-order valence-electron chi connectivity index (χ1n) is 6.61. The lowest BCUT2D eigenvalue weighted by Gasteiger charge is -2.42. The zero-order valence-electron chi connectivity index (χ0n) is 12.1. The van der Waals surface area contributed by atoms with Crippen LogP contribution in [-0.2, 0) is 11.3 Å². The molecule has 1 amide bonds. The molecule has 0 aromatic carbocycles. The van der Waals surface area contributed by atoms with Crippen LogP contribution in [0.3, 0.4) is 0 Å². The number of ether oxygens (including phenoxy) is 1. The number of rotatable bonds is 2. The van der Waals surface area contributed by atoms with Gasteiger partial charge >= 0.3 is 0 Å². The third kappa shape index (κ3) is 2.32. The first-order valence-corrected chi connectivity index (χ1v) is 6.61. The molecule has 1 aliphatic heterocycles. The molecule has 1 fully saturated rings. The van der Waals surface area contributed by atoms with Crippen molar-refractivity contribution in [1.29, 1.82) is 0 Å². The molecule has 106 valence electrons. The summed E-state index contributed by atoms with van der Waals surface area (Å²) in [5.41, 5.74) is 7.37. The maximum absolute atomic E-state index is 12.8. The second-order valence-electron chi connectivity index (χ2n) is 5.49. The summed E-state index contributed by atoms with van der Waals surface area (Å²) in [5.74, 6) is -0.0618. The topological polar surface area (TPSA) is 73.4 Å². The van der Waals surface area contributed by atoms with Gasteiger partial charge in [0.2, 0.25) is 0 Å². The van der Waals surface area contributed by atoms with Crippen molar-refractivity contribution in [2.24, 2.45) is 0 Å². The summed E-state index contributed by atoms with van der Waals surface area (Å²) in [6, 6.07) is 0. The molecule has 6 nitrogen and oxygen atoms in total. The van der Waals surface area contributed by atoms with E-state index in [2.05, 4.69) is 5.10 Å². The van der Waals surface area contributed by atoms with Crippen LogP contribution < -0.4 is 5.73 Å². The van der Waals surface area contributed by atoms with Gasteiger partial charge in [0.1, 0.15) is 5.69 Å². The van der Waals surface area contributed by atoms with Gasteiger partial charge in [-0.2, -0.15) is 5.10 Å². The monoisotopic (exact) mass is 266 g/mol. The summed E-state index contributed by atoms with van der Waals surface area (Å²) < 4.78 is 7.12. The number of aromatic nitrogens is 2. The normalized spacial score (nSPS) is 18.6. The van der Waals surface area contributed by atoms with Crippen LogP contribution >= 0.6 is 0 Å². The molecule has 2 heterocycles. The zero-order valence-corrected chi connectivity index (χ0v) is 12.1. The lowest BCUT2D eigenvalue weighted by atomic mass is 10.0. The van der Waals surface area contributed by atoms with Crippen LogP contribution in [-0.4, -0.2) is 45.9 Å². The number of hydrogen-bond donors (Lipinski definition) is 1. The van der Waals surface area contributed by atoms with Crippen LogP contribution in [0.15, 0.2) is 0 Å². The molecule has 0 saturated carbocycles. The van der Waals surface area contributed by atoms with Crippen molar-refractivity contribution in [1.82, 2.24) is 14.7 Å². The fourth-order valence-electron chi connectivity index (χ4n) is 2.41. The summed E-state index contributed by atoms with van der Waals surface area (Å²) in [4.78, 5) is 14.6. The Morgan fingerprint density at radius 1 is 1.53 bits per heavy atom. The molecular weight excluding hydrogens is 244 g/mol. The summed E-state index contributed by atoms with van der Waals surface area (Å²) >= 11 is 0. The summed E-state index contributed by atoms with van der Waals surface area (Å²) in [7, 11) is 0. The zero-order chi connectivity index (χ0) is 14.2. The summed E-state index contributed by atoms with van der Waals surface area (Å²) in [6.07, 6.45) is 0. The van der Waals surface area contributed by atoms with Crippen LogP contribution in [0, 0.1) is 6.92 Å². The van der Waals surface area contributed by atoms with E-state index in [1.165, 1.54) is 0 Å². The number of nitrogens with zero attached hydrogens (tertiary/aromatic N) is 3. The molecule has 1 aromatic rings. The average Bonchev–Trinajstić information content (AvgIpc) is 2.64. The van der Waals surface area contributed by atoms with Crippen molar-refractivity contribution >= 4 is 11.6 Å². The molecule has 0 spiro atoms. The number of aryl methyl sites for hydroxylation is 2. The highest BCUT2D eigenvalue weighted by molar-refractivity contribution is 5.98. The molecule has 0 unspecified atom stereocenters. The highest BCUT2D eigenvalue weighted by Gasteiger charge is 2.36. The van der Waals surface area contributed by atoms with E-state index in [0.717, 1.165) is 0 Å². The molecule has 0 bridgehead atoms. The smallest absolute Gasteiger partial charge is 0.274 e. The largest absolute Gasteiger partial charge is 0.395 e. The molecule has 2 N–H and O–H groups in total. The molecule has 19 heavy (non-hydrogen) atoms. The Balaban J connectivity index is 2.39. The Kier molecular flexibility index (Phi) is 3.54. The first kappa shape index (κ1) is 13.9. The van der Waals surface area contributed by atoms with Crippen LogP contribution in [0.25, 0.3) is 0 Å². The second kappa shape index (κ2) is 4.85. The van der Waals surface area contributed by atoms with Gasteiger partial charge in [0.05, 0.1) is 30.1 Å². The number of anilines is 1. The number of nitrogen functional groups attached to an aromatic ring is 1. The molecule has 0 atom stereocenters. The molecular formula is C13H22N4O2. The lowest BCUT2D eigenvalue weighted by molar-refractivity contribution is -0.0375. The van der Waals surface area contributed by atoms with Gasteiger partial charge in [0, 0.05) is 13.1 Å². The number of hydrogen-bond acceptors (Lipinski definition) is 4. The van der Waals surface area contributed by atoms with E-state index in [9.17, 15) is 4.79 Å². The van der Waals surface area contributed by atoms with Gasteiger partial charge in [-0.15, -0.1) is 0 Å². The van der Waals surface area contributed by atoms with Gasteiger partial charge in [0.15, 0.2) is 0 Å². The van der Waals surface area contributed by atoms with Crippen molar-refractivity contribution in [2.75, 3.05) is 25.5 Å². The number of carbonyl (C=O) groups excluding carboxylic acids is 1. The average molecular weight is 266 g/mol. The van der Waals surface area contributed by atoms with E-state index in [-0.39, 0.29) is 11.4 Å². The minimum absolute atomic E-state index is 0.0618. The first-order chi connectivity index (χ1) is 8.88. The third-order valence-electron chi connectivity index (χ3n) is 3.57. The van der Waals surface area contributed by atoms with Gasteiger partial charge in [-0.3, -0.25) is 9.48 Å². The van der Waals surface area contributed by atoms with E-state index in [4.69, 9.17) is 10.5 Å². The van der Waals surface area contributed by atoms with E-state index in [1.807, 2.05) is 32.6 Å². The maximum Gasteiger partial charge on any atom is 0.274 e. The fourth-order valence-corrected chi connectivity index (χ4v) is 2.41. The minimum Gasteiger partial charge on any atom is -0.395 e. The van der Waals surface area contributed by atoms with Crippen LogP contribution in [0.1, 0.15) is 37.0 Å². The Morgan fingerprint density at radius 3 is 2.79 bits per heavy atom. The van der Waals surface area contributed by atoms with Crippen LogP contribution in [0.4, 0.5) is 5.69 Å². The second-order valence-corrected chi connectivity index (χ2v) is 5.49. The predicted molar refractivity (Wildman–Crippen MR) is 73.0 cm³/mol. The number of nitrogens with two attached hydrogens (primary N) is 1. The third-order valence-corrected chi connectivity index (χ3v) is 3.57. The van der Waals surface area contributed by atoms with Crippen molar-refractivity contribution in [3.05, 3.63) is 11.4 Å². The van der Waals surface area contributed by atoms with Gasteiger partial charge < -0.3 is 15.4 Å². The van der Waals surface area contributed by atoms with Crippen LogP contribution in [0.5, 0.6) is 0 Å². The number of amides is 1. The SMILES string of the molecule is CCn1nc(C)c(N)c1C(=O)N1CCOCC1(C)C. The van der Waals surface area contributed by atoms with Gasteiger partial charge in [-0.25, -0.2) is 0 Å². The Hall–Kier alpha value is -1.56. The van der Waals surface area contributed by atoms with Crippen molar-refractivity contribution in [3.8, 4) is 0 Å². The number of carbonyl (C=O) groups is 1. The Morgan fingerprint density at radius 2 is 2.21 bits per heavy atom. The highest BCUT2D eigenvalue weighted by atomic mass is 16.5. The van der Waals surface area contributed by atoms with Gasteiger partial charge in [-0.05, 0) is 27.7 Å². The molecule has 1 saturated heterocycles. The fraction of sp³-hybridized carbons (Fsp3) is 0.692. The summed E-state index contributed by atoms with van der Waals surface area (Å²) in [5, 5.41) is 4.31. The van der Waals surface area contributed by atoms with Gasteiger partial charge in [0.25, 0.3) is 5.91 Å². The maximum atomic E-state index is 12.8. The molecule has 1 aliphatic rings.